The second kappa shape index (κ2) is 6.10. The van der Waals surface area contributed by atoms with Gasteiger partial charge in [-0.15, -0.1) is 11.3 Å². The molecule has 1 heterocycles. The van der Waals surface area contributed by atoms with Crippen molar-refractivity contribution in [3.8, 4) is 0 Å². The monoisotopic (exact) mass is 302 g/mol. The fourth-order valence-corrected chi connectivity index (χ4v) is 2.88. The number of hydrogen-bond acceptors (Lipinski definition) is 3. The Morgan fingerprint density at radius 1 is 1.00 bits per heavy atom. The molecule has 0 aliphatic carbocycles. The van der Waals surface area contributed by atoms with Gasteiger partial charge in [0.15, 0.2) is 0 Å². The van der Waals surface area contributed by atoms with Crippen molar-refractivity contribution in [3.05, 3.63) is 45.1 Å². The maximum absolute atomic E-state index is 12.2. The van der Waals surface area contributed by atoms with Gasteiger partial charge in [-0.1, -0.05) is 0 Å². The molecule has 0 fully saturated rings. The smallest absolute Gasteiger partial charge is 0.265 e. The molecule has 0 aliphatic rings. The Bertz CT molecular complexity index is 685. The summed E-state index contributed by atoms with van der Waals surface area (Å²) in [6.45, 7) is 7.36. The quantitative estimate of drug-likeness (QED) is 0.904. The van der Waals surface area contributed by atoms with Gasteiger partial charge in [0, 0.05) is 23.2 Å². The Balaban J connectivity index is 2.14. The molecule has 110 valence electrons. The molecule has 1 aromatic heterocycles. The largest absolute Gasteiger partial charge is 0.326 e. The fourth-order valence-electron chi connectivity index (χ4n) is 1.95. The zero-order valence-electron chi connectivity index (χ0n) is 12.5. The van der Waals surface area contributed by atoms with Crippen LogP contribution in [0.1, 0.15) is 32.6 Å². The van der Waals surface area contributed by atoms with Gasteiger partial charge in [-0.2, -0.15) is 0 Å². The van der Waals surface area contributed by atoms with Crippen molar-refractivity contribution in [1.82, 2.24) is 0 Å². The van der Waals surface area contributed by atoms with Crippen molar-refractivity contribution in [2.24, 2.45) is 0 Å². The van der Waals surface area contributed by atoms with E-state index in [0.717, 1.165) is 27.4 Å². The van der Waals surface area contributed by atoms with Gasteiger partial charge in [0.2, 0.25) is 5.91 Å². The lowest BCUT2D eigenvalue weighted by molar-refractivity contribution is -0.114. The van der Waals surface area contributed by atoms with E-state index in [1.54, 1.807) is 12.1 Å². The predicted octanol–water partition coefficient (Wildman–Crippen LogP) is 3.88. The highest BCUT2D eigenvalue weighted by molar-refractivity contribution is 7.14. The second-order valence-electron chi connectivity index (χ2n) is 5.01. The van der Waals surface area contributed by atoms with Crippen LogP contribution in [0.2, 0.25) is 0 Å². The van der Waals surface area contributed by atoms with E-state index in [4.69, 9.17) is 0 Å². The molecule has 2 amide bonds. The number of amides is 2. The Morgan fingerprint density at radius 2 is 1.71 bits per heavy atom. The minimum atomic E-state index is -0.112. The van der Waals surface area contributed by atoms with Crippen LogP contribution >= 0.6 is 11.3 Å². The highest BCUT2D eigenvalue weighted by atomic mass is 32.1. The van der Waals surface area contributed by atoms with Crippen LogP contribution in [-0.2, 0) is 4.79 Å². The van der Waals surface area contributed by atoms with E-state index in [1.807, 2.05) is 32.9 Å². The normalized spacial score (nSPS) is 10.3. The van der Waals surface area contributed by atoms with Gasteiger partial charge in [0.05, 0.1) is 4.88 Å². The molecule has 0 spiro atoms. The molecule has 0 bridgehead atoms. The molecule has 2 N–H and O–H groups in total. The molecular weight excluding hydrogens is 284 g/mol. The van der Waals surface area contributed by atoms with Gasteiger partial charge in [0.1, 0.15) is 0 Å². The molecule has 0 aliphatic heterocycles. The summed E-state index contributed by atoms with van der Waals surface area (Å²) in [6, 6.07) is 7.31. The molecule has 0 radical (unpaired) electrons. The van der Waals surface area contributed by atoms with Gasteiger partial charge in [-0.3, -0.25) is 9.59 Å². The van der Waals surface area contributed by atoms with Crippen LogP contribution in [-0.4, -0.2) is 11.8 Å². The van der Waals surface area contributed by atoms with Crippen LogP contribution in [0.25, 0.3) is 0 Å². The number of carbonyl (C=O) groups excluding carboxylic acids is 2. The highest BCUT2D eigenvalue weighted by Gasteiger charge is 2.11. The van der Waals surface area contributed by atoms with E-state index in [0.29, 0.717) is 4.88 Å². The first kappa shape index (κ1) is 15.3. The van der Waals surface area contributed by atoms with Crippen molar-refractivity contribution >= 4 is 34.5 Å². The van der Waals surface area contributed by atoms with Crippen molar-refractivity contribution in [2.75, 3.05) is 10.6 Å². The fraction of sp³-hybridized carbons (Fsp3) is 0.250. The summed E-state index contributed by atoms with van der Waals surface area (Å²) in [4.78, 5) is 25.1. The topological polar surface area (TPSA) is 58.2 Å². The number of carbonyl (C=O) groups is 2. The number of aryl methyl sites for hydroxylation is 3. The van der Waals surface area contributed by atoms with E-state index in [1.165, 1.54) is 18.3 Å². The molecule has 1 aromatic carbocycles. The van der Waals surface area contributed by atoms with Crippen molar-refractivity contribution < 1.29 is 9.59 Å². The van der Waals surface area contributed by atoms with E-state index < -0.39 is 0 Å². The maximum Gasteiger partial charge on any atom is 0.265 e. The highest BCUT2D eigenvalue weighted by Crippen LogP contribution is 2.23. The molecule has 0 unspecified atom stereocenters. The van der Waals surface area contributed by atoms with Gasteiger partial charge in [-0.25, -0.2) is 0 Å². The number of nitrogens with one attached hydrogen (secondary N) is 2. The summed E-state index contributed by atoms with van der Waals surface area (Å²) in [5.74, 6) is -0.220. The summed E-state index contributed by atoms with van der Waals surface area (Å²) in [5, 5.41) is 5.63. The Morgan fingerprint density at radius 3 is 2.24 bits per heavy atom. The SMILES string of the molecule is CC(=O)Nc1ccc(NC(=O)c2cc(C)c(C)s2)cc1C. The summed E-state index contributed by atoms with van der Waals surface area (Å²) in [6.07, 6.45) is 0. The molecule has 0 saturated carbocycles. The molecule has 5 heteroatoms. The lowest BCUT2D eigenvalue weighted by Crippen LogP contribution is -2.11. The molecule has 4 nitrogen and oxygen atoms in total. The minimum absolute atomic E-state index is 0.108. The van der Waals surface area contributed by atoms with Gasteiger partial charge in [0.25, 0.3) is 5.91 Å². The van der Waals surface area contributed by atoms with E-state index in [2.05, 4.69) is 10.6 Å². The Labute approximate surface area is 128 Å². The number of hydrogen-bond donors (Lipinski definition) is 2. The lowest BCUT2D eigenvalue weighted by atomic mass is 10.1. The average molecular weight is 302 g/mol. The molecule has 21 heavy (non-hydrogen) atoms. The second-order valence-corrected chi connectivity index (χ2v) is 6.27. The van der Waals surface area contributed by atoms with Crippen LogP contribution in [0.4, 0.5) is 11.4 Å². The van der Waals surface area contributed by atoms with Gasteiger partial charge < -0.3 is 10.6 Å². The third kappa shape index (κ3) is 3.70. The minimum Gasteiger partial charge on any atom is -0.326 e. The van der Waals surface area contributed by atoms with Crippen molar-refractivity contribution in [2.45, 2.75) is 27.7 Å². The first-order valence-electron chi connectivity index (χ1n) is 6.63. The van der Waals surface area contributed by atoms with Crippen LogP contribution in [0.5, 0.6) is 0 Å². The Hall–Kier alpha value is -2.14. The molecule has 2 rings (SSSR count). The maximum atomic E-state index is 12.2. The van der Waals surface area contributed by atoms with E-state index in [9.17, 15) is 9.59 Å². The van der Waals surface area contributed by atoms with Crippen LogP contribution in [0.3, 0.4) is 0 Å². The Kier molecular flexibility index (Phi) is 4.43. The standard InChI is InChI=1S/C16H18N2O2S/c1-9-8-15(21-11(9)3)16(20)18-13-5-6-14(10(2)7-13)17-12(4)19/h5-8H,1-4H3,(H,17,19)(H,18,20). The van der Waals surface area contributed by atoms with E-state index >= 15 is 0 Å². The summed E-state index contributed by atoms with van der Waals surface area (Å²) >= 11 is 1.49. The lowest BCUT2D eigenvalue weighted by Gasteiger charge is -2.09. The summed E-state index contributed by atoms with van der Waals surface area (Å²) in [7, 11) is 0. The molecule has 0 atom stereocenters. The number of rotatable bonds is 3. The number of thiophene rings is 1. The predicted molar refractivity (Wildman–Crippen MR) is 87.2 cm³/mol. The average Bonchev–Trinajstić information content (AvgIpc) is 2.73. The van der Waals surface area contributed by atoms with Gasteiger partial charge >= 0.3 is 0 Å². The first-order valence-corrected chi connectivity index (χ1v) is 7.45. The van der Waals surface area contributed by atoms with Gasteiger partial charge in [-0.05, 0) is 56.2 Å². The third-order valence-corrected chi connectivity index (χ3v) is 4.34. The van der Waals surface area contributed by atoms with Crippen molar-refractivity contribution in [1.29, 1.82) is 0 Å². The summed E-state index contributed by atoms with van der Waals surface area (Å²) < 4.78 is 0. The molecule has 0 saturated heterocycles. The van der Waals surface area contributed by atoms with Crippen LogP contribution in [0.15, 0.2) is 24.3 Å². The number of anilines is 2. The first-order chi connectivity index (χ1) is 9.86. The zero-order valence-corrected chi connectivity index (χ0v) is 13.4. The van der Waals surface area contributed by atoms with E-state index in [-0.39, 0.29) is 11.8 Å². The third-order valence-electron chi connectivity index (χ3n) is 3.18. The number of benzene rings is 1. The molecular formula is C16H18N2O2S. The van der Waals surface area contributed by atoms with Crippen LogP contribution < -0.4 is 10.6 Å². The zero-order chi connectivity index (χ0) is 15.6. The molecule has 2 aromatic rings. The van der Waals surface area contributed by atoms with Crippen molar-refractivity contribution in [3.63, 3.8) is 0 Å². The van der Waals surface area contributed by atoms with Crippen LogP contribution in [0, 0.1) is 20.8 Å². The summed E-state index contributed by atoms with van der Waals surface area (Å²) in [5.41, 5.74) is 3.50.